The van der Waals surface area contributed by atoms with Crippen LogP contribution in [0, 0.1) is 5.92 Å². The Morgan fingerprint density at radius 2 is 2.07 bits per heavy atom. The van der Waals surface area contributed by atoms with Crippen molar-refractivity contribution in [2.75, 3.05) is 40.0 Å². The molecule has 0 aromatic heterocycles. The van der Waals surface area contributed by atoms with Crippen LogP contribution in [0.1, 0.15) is 20.8 Å². The fourth-order valence-electron chi connectivity index (χ4n) is 0.969. The van der Waals surface area contributed by atoms with Crippen LogP contribution >= 0.6 is 0 Å². The van der Waals surface area contributed by atoms with Gasteiger partial charge in [-0.05, 0) is 19.9 Å². The molecule has 15 heavy (non-hydrogen) atoms. The molecule has 0 aromatic rings. The van der Waals surface area contributed by atoms with E-state index >= 15 is 0 Å². The standard InChI is InChI=1S/C11H23NO3/c1-5-14-7-6-12(4)8-11(13)15-9-10(2)3/h10H,5-9H2,1-4H3. The number of carbonyl (C=O) groups is 1. The van der Waals surface area contributed by atoms with Gasteiger partial charge in [-0.1, -0.05) is 13.8 Å². The van der Waals surface area contributed by atoms with E-state index in [1.54, 1.807) is 0 Å². The first kappa shape index (κ1) is 14.4. The minimum Gasteiger partial charge on any atom is -0.464 e. The third-order valence-corrected chi connectivity index (χ3v) is 1.80. The molecule has 0 aliphatic heterocycles. The van der Waals surface area contributed by atoms with E-state index in [1.807, 2.05) is 32.7 Å². The molecular formula is C11H23NO3. The number of hydrogen-bond donors (Lipinski definition) is 0. The van der Waals surface area contributed by atoms with Crippen LogP contribution in [0.15, 0.2) is 0 Å². The van der Waals surface area contributed by atoms with Crippen molar-refractivity contribution in [3.63, 3.8) is 0 Å². The largest absolute Gasteiger partial charge is 0.464 e. The summed E-state index contributed by atoms with van der Waals surface area (Å²) in [4.78, 5) is 13.2. The highest BCUT2D eigenvalue weighted by Gasteiger charge is 2.07. The first-order valence-electron chi connectivity index (χ1n) is 5.48. The van der Waals surface area contributed by atoms with E-state index < -0.39 is 0 Å². The molecule has 0 aliphatic rings. The number of ether oxygens (including phenoxy) is 2. The van der Waals surface area contributed by atoms with Crippen LogP contribution in [0.2, 0.25) is 0 Å². The van der Waals surface area contributed by atoms with Gasteiger partial charge < -0.3 is 9.47 Å². The molecule has 0 radical (unpaired) electrons. The van der Waals surface area contributed by atoms with Crippen molar-refractivity contribution in [1.82, 2.24) is 4.90 Å². The van der Waals surface area contributed by atoms with Gasteiger partial charge in [-0.25, -0.2) is 0 Å². The van der Waals surface area contributed by atoms with Crippen molar-refractivity contribution >= 4 is 5.97 Å². The van der Waals surface area contributed by atoms with E-state index in [2.05, 4.69) is 0 Å². The van der Waals surface area contributed by atoms with Gasteiger partial charge in [-0.2, -0.15) is 0 Å². The van der Waals surface area contributed by atoms with Gasteiger partial charge in [0.2, 0.25) is 0 Å². The van der Waals surface area contributed by atoms with Crippen LogP contribution in [0.5, 0.6) is 0 Å². The molecule has 0 bridgehead atoms. The zero-order valence-electron chi connectivity index (χ0n) is 10.3. The SMILES string of the molecule is CCOCCN(C)CC(=O)OCC(C)C. The van der Waals surface area contributed by atoms with Crippen LogP contribution < -0.4 is 0 Å². The first-order valence-corrected chi connectivity index (χ1v) is 5.48. The highest BCUT2D eigenvalue weighted by molar-refractivity contribution is 5.71. The molecule has 0 unspecified atom stereocenters. The molecule has 0 spiro atoms. The number of likely N-dealkylation sites (N-methyl/N-ethyl adjacent to an activating group) is 1. The molecular weight excluding hydrogens is 194 g/mol. The van der Waals surface area contributed by atoms with Gasteiger partial charge in [0.25, 0.3) is 0 Å². The van der Waals surface area contributed by atoms with E-state index in [4.69, 9.17) is 9.47 Å². The normalized spacial score (nSPS) is 11.1. The lowest BCUT2D eigenvalue weighted by Crippen LogP contribution is -2.30. The van der Waals surface area contributed by atoms with Crippen LogP contribution in [-0.2, 0) is 14.3 Å². The molecule has 0 rings (SSSR count). The summed E-state index contributed by atoms with van der Waals surface area (Å²) in [6, 6.07) is 0. The van der Waals surface area contributed by atoms with E-state index in [9.17, 15) is 4.79 Å². The van der Waals surface area contributed by atoms with Crippen molar-refractivity contribution < 1.29 is 14.3 Å². The zero-order chi connectivity index (χ0) is 11.7. The number of hydrogen-bond acceptors (Lipinski definition) is 4. The molecule has 0 atom stereocenters. The van der Waals surface area contributed by atoms with Gasteiger partial charge in [-0.15, -0.1) is 0 Å². The lowest BCUT2D eigenvalue weighted by Gasteiger charge is -2.15. The maximum atomic E-state index is 11.3. The van der Waals surface area contributed by atoms with Crippen LogP contribution in [0.3, 0.4) is 0 Å². The summed E-state index contributed by atoms with van der Waals surface area (Å²) in [6.45, 7) is 8.95. The van der Waals surface area contributed by atoms with Gasteiger partial charge in [0.1, 0.15) is 0 Å². The summed E-state index contributed by atoms with van der Waals surface area (Å²) in [5.41, 5.74) is 0. The Bertz CT molecular complexity index is 171. The second-order valence-corrected chi connectivity index (χ2v) is 4.01. The average Bonchev–Trinajstić information content (AvgIpc) is 2.15. The van der Waals surface area contributed by atoms with E-state index in [-0.39, 0.29) is 5.97 Å². The van der Waals surface area contributed by atoms with Gasteiger partial charge in [0, 0.05) is 13.2 Å². The maximum Gasteiger partial charge on any atom is 0.320 e. The van der Waals surface area contributed by atoms with E-state index in [0.717, 1.165) is 6.54 Å². The summed E-state index contributed by atoms with van der Waals surface area (Å²) in [5, 5.41) is 0. The van der Waals surface area contributed by atoms with Crippen molar-refractivity contribution in [3.8, 4) is 0 Å². The number of esters is 1. The summed E-state index contributed by atoms with van der Waals surface area (Å²) in [7, 11) is 1.88. The van der Waals surface area contributed by atoms with Crippen molar-refractivity contribution in [1.29, 1.82) is 0 Å². The number of carbonyl (C=O) groups excluding carboxylic acids is 1. The zero-order valence-corrected chi connectivity index (χ0v) is 10.3. The second kappa shape index (κ2) is 8.68. The summed E-state index contributed by atoms with van der Waals surface area (Å²) >= 11 is 0. The number of nitrogens with zero attached hydrogens (tertiary/aromatic N) is 1. The molecule has 0 N–H and O–H groups in total. The Morgan fingerprint density at radius 1 is 1.40 bits per heavy atom. The molecule has 4 nitrogen and oxygen atoms in total. The molecule has 0 saturated carbocycles. The Kier molecular flexibility index (Phi) is 8.33. The summed E-state index contributed by atoms with van der Waals surface area (Å²) in [5.74, 6) is 0.227. The minimum absolute atomic E-state index is 0.164. The maximum absolute atomic E-state index is 11.3. The first-order chi connectivity index (χ1) is 7.06. The van der Waals surface area contributed by atoms with E-state index in [0.29, 0.717) is 32.3 Å². The Hall–Kier alpha value is -0.610. The topological polar surface area (TPSA) is 38.8 Å². The quantitative estimate of drug-likeness (QED) is 0.451. The Morgan fingerprint density at radius 3 is 2.60 bits per heavy atom. The molecule has 0 fully saturated rings. The van der Waals surface area contributed by atoms with Crippen LogP contribution in [0.25, 0.3) is 0 Å². The second-order valence-electron chi connectivity index (χ2n) is 4.01. The van der Waals surface area contributed by atoms with Gasteiger partial charge in [-0.3, -0.25) is 9.69 Å². The predicted molar refractivity (Wildman–Crippen MR) is 59.8 cm³/mol. The Balaban J connectivity index is 3.49. The van der Waals surface area contributed by atoms with Crippen LogP contribution in [-0.4, -0.2) is 50.8 Å². The molecule has 4 heteroatoms. The molecule has 0 amide bonds. The summed E-state index contributed by atoms with van der Waals surface area (Å²) in [6.07, 6.45) is 0. The van der Waals surface area contributed by atoms with Crippen molar-refractivity contribution in [2.45, 2.75) is 20.8 Å². The molecule has 0 aliphatic carbocycles. The van der Waals surface area contributed by atoms with Gasteiger partial charge in [0.05, 0.1) is 19.8 Å². The number of rotatable bonds is 8. The fourth-order valence-corrected chi connectivity index (χ4v) is 0.969. The third kappa shape index (κ3) is 9.69. The van der Waals surface area contributed by atoms with Crippen molar-refractivity contribution in [2.24, 2.45) is 5.92 Å². The molecule has 0 heterocycles. The summed E-state index contributed by atoms with van der Waals surface area (Å²) < 4.78 is 10.2. The highest BCUT2D eigenvalue weighted by atomic mass is 16.5. The lowest BCUT2D eigenvalue weighted by atomic mass is 10.2. The van der Waals surface area contributed by atoms with Crippen molar-refractivity contribution in [3.05, 3.63) is 0 Å². The third-order valence-electron chi connectivity index (χ3n) is 1.80. The average molecular weight is 217 g/mol. The van der Waals surface area contributed by atoms with Gasteiger partial charge >= 0.3 is 5.97 Å². The molecule has 0 aromatic carbocycles. The van der Waals surface area contributed by atoms with Gasteiger partial charge in [0.15, 0.2) is 0 Å². The monoisotopic (exact) mass is 217 g/mol. The molecule has 0 saturated heterocycles. The molecule has 90 valence electrons. The predicted octanol–water partition coefficient (Wildman–Crippen LogP) is 1.15. The highest BCUT2D eigenvalue weighted by Crippen LogP contribution is 1.94. The fraction of sp³-hybridized carbons (Fsp3) is 0.909. The lowest BCUT2D eigenvalue weighted by molar-refractivity contribution is -0.145. The Labute approximate surface area is 92.5 Å². The van der Waals surface area contributed by atoms with Crippen LogP contribution in [0.4, 0.5) is 0 Å². The minimum atomic E-state index is -0.164. The van der Waals surface area contributed by atoms with E-state index in [1.165, 1.54) is 0 Å². The smallest absolute Gasteiger partial charge is 0.320 e.